The Bertz CT molecular complexity index is 588. The van der Waals surface area contributed by atoms with Crippen molar-refractivity contribution in [3.05, 3.63) is 65.2 Å². The summed E-state index contributed by atoms with van der Waals surface area (Å²) in [6.07, 6.45) is 0.787. The van der Waals surface area contributed by atoms with E-state index in [0.717, 1.165) is 21.9 Å². The summed E-state index contributed by atoms with van der Waals surface area (Å²) < 4.78 is 0. The summed E-state index contributed by atoms with van der Waals surface area (Å²) in [4.78, 5) is 13.2. The van der Waals surface area contributed by atoms with Crippen molar-refractivity contribution in [3.8, 4) is 0 Å². The minimum atomic E-state index is -0.105. The fourth-order valence-electron chi connectivity index (χ4n) is 1.92. The Morgan fingerprint density at radius 3 is 2.67 bits per heavy atom. The zero-order valence-electron chi connectivity index (χ0n) is 11.9. The van der Waals surface area contributed by atoms with Crippen LogP contribution >= 0.6 is 23.4 Å². The first-order chi connectivity index (χ1) is 10.1. The van der Waals surface area contributed by atoms with E-state index in [1.165, 1.54) is 0 Å². The fourth-order valence-corrected chi connectivity index (χ4v) is 3.05. The van der Waals surface area contributed by atoms with Crippen LogP contribution < -0.4 is 5.32 Å². The largest absolute Gasteiger partial charge is 0.355 e. The number of hydrogen-bond acceptors (Lipinski definition) is 2. The van der Waals surface area contributed by atoms with Gasteiger partial charge in [0.2, 0.25) is 5.91 Å². The van der Waals surface area contributed by atoms with Crippen LogP contribution in [-0.2, 0) is 11.2 Å². The number of nitrogens with one attached hydrogen (secondary N) is 1. The predicted octanol–water partition coefficient (Wildman–Crippen LogP) is 4.18. The van der Waals surface area contributed by atoms with Crippen molar-refractivity contribution >= 4 is 29.3 Å². The molecule has 2 rings (SSSR count). The van der Waals surface area contributed by atoms with Gasteiger partial charge in [-0.25, -0.2) is 0 Å². The molecule has 1 amide bonds. The smallest absolute Gasteiger partial charge is 0.233 e. The van der Waals surface area contributed by atoms with Gasteiger partial charge < -0.3 is 5.32 Å². The third kappa shape index (κ3) is 5.44. The average molecular weight is 320 g/mol. The molecule has 2 nitrogen and oxygen atoms in total. The summed E-state index contributed by atoms with van der Waals surface area (Å²) >= 11 is 7.50. The van der Waals surface area contributed by atoms with E-state index in [4.69, 9.17) is 11.6 Å². The summed E-state index contributed by atoms with van der Waals surface area (Å²) in [5.74, 6) is 0.0610. The van der Waals surface area contributed by atoms with Gasteiger partial charge in [0.05, 0.1) is 5.25 Å². The molecule has 2 aromatic carbocycles. The molecular weight excluding hydrogens is 302 g/mol. The molecular formula is C17H18ClNOS. The zero-order chi connectivity index (χ0) is 15.1. The molecule has 21 heavy (non-hydrogen) atoms. The van der Waals surface area contributed by atoms with E-state index in [1.54, 1.807) is 11.8 Å². The van der Waals surface area contributed by atoms with Crippen LogP contribution in [0.25, 0.3) is 0 Å². The Labute approximate surface area is 134 Å². The van der Waals surface area contributed by atoms with Crippen LogP contribution in [0.5, 0.6) is 0 Å². The van der Waals surface area contributed by atoms with Crippen molar-refractivity contribution in [2.45, 2.75) is 23.5 Å². The summed E-state index contributed by atoms with van der Waals surface area (Å²) in [7, 11) is 0. The molecule has 0 fully saturated rings. The van der Waals surface area contributed by atoms with Gasteiger partial charge in [-0.2, -0.15) is 0 Å². The molecule has 0 bridgehead atoms. The molecule has 0 saturated heterocycles. The number of thioether (sulfide) groups is 1. The van der Waals surface area contributed by atoms with Crippen LogP contribution in [0.4, 0.5) is 0 Å². The van der Waals surface area contributed by atoms with Crippen molar-refractivity contribution in [2.75, 3.05) is 6.54 Å². The average Bonchev–Trinajstić information content (AvgIpc) is 2.48. The molecule has 0 saturated carbocycles. The minimum absolute atomic E-state index is 0.0610. The van der Waals surface area contributed by atoms with Crippen LogP contribution in [0.3, 0.4) is 0 Å². The van der Waals surface area contributed by atoms with Gasteiger partial charge in [0, 0.05) is 16.5 Å². The minimum Gasteiger partial charge on any atom is -0.355 e. The normalized spacial score (nSPS) is 11.9. The number of halogens is 1. The Morgan fingerprint density at radius 2 is 1.95 bits per heavy atom. The van der Waals surface area contributed by atoms with Gasteiger partial charge in [-0.05, 0) is 43.2 Å². The molecule has 0 aliphatic carbocycles. The topological polar surface area (TPSA) is 29.1 Å². The standard InChI is InChI=1S/C17H18ClNOS/c1-13(21-16-8-3-2-4-9-16)17(20)19-11-10-14-6-5-7-15(18)12-14/h2-9,12-13H,10-11H2,1H3,(H,19,20). The van der Waals surface area contributed by atoms with Crippen LogP contribution in [-0.4, -0.2) is 17.7 Å². The first kappa shape index (κ1) is 15.9. The summed E-state index contributed by atoms with van der Waals surface area (Å²) in [6, 6.07) is 17.7. The maximum atomic E-state index is 12.0. The van der Waals surface area contributed by atoms with Gasteiger partial charge in [0.25, 0.3) is 0 Å². The van der Waals surface area contributed by atoms with Gasteiger partial charge in [-0.3, -0.25) is 4.79 Å². The van der Waals surface area contributed by atoms with Crippen LogP contribution in [0.15, 0.2) is 59.5 Å². The van der Waals surface area contributed by atoms with Crippen molar-refractivity contribution in [3.63, 3.8) is 0 Å². The Morgan fingerprint density at radius 1 is 1.19 bits per heavy atom. The molecule has 110 valence electrons. The van der Waals surface area contributed by atoms with Gasteiger partial charge in [0.1, 0.15) is 0 Å². The maximum absolute atomic E-state index is 12.0. The summed E-state index contributed by atoms with van der Waals surface area (Å²) in [6.45, 7) is 2.55. The fraction of sp³-hybridized carbons (Fsp3) is 0.235. The lowest BCUT2D eigenvalue weighted by Gasteiger charge is -2.12. The second kappa shape index (κ2) is 8.11. The molecule has 1 N–H and O–H groups in total. The highest BCUT2D eigenvalue weighted by molar-refractivity contribution is 8.00. The summed E-state index contributed by atoms with van der Waals surface area (Å²) in [5.41, 5.74) is 1.13. The molecule has 4 heteroatoms. The van der Waals surface area contributed by atoms with Crippen LogP contribution in [0.1, 0.15) is 12.5 Å². The molecule has 1 unspecified atom stereocenters. The number of hydrogen-bond donors (Lipinski definition) is 1. The second-order valence-corrected chi connectivity index (χ2v) is 6.59. The lowest BCUT2D eigenvalue weighted by Crippen LogP contribution is -2.32. The molecule has 0 radical (unpaired) electrons. The van der Waals surface area contributed by atoms with Crippen molar-refractivity contribution in [1.82, 2.24) is 5.32 Å². The molecule has 0 aromatic heterocycles. The number of carbonyl (C=O) groups excluding carboxylic acids is 1. The highest BCUT2D eigenvalue weighted by Gasteiger charge is 2.13. The van der Waals surface area contributed by atoms with Gasteiger partial charge >= 0.3 is 0 Å². The number of carbonyl (C=O) groups is 1. The van der Waals surface area contributed by atoms with Crippen molar-refractivity contribution in [2.24, 2.45) is 0 Å². The Hall–Kier alpha value is -1.45. The van der Waals surface area contributed by atoms with E-state index >= 15 is 0 Å². The molecule has 1 atom stereocenters. The van der Waals surface area contributed by atoms with Gasteiger partial charge in [-0.15, -0.1) is 11.8 Å². The van der Waals surface area contributed by atoms with E-state index in [-0.39, 0.29) is 11.2 Å². The van der Waals surface area contributed by atoms with Gasteiger partial charge in [-0.1, -0.05) is 41.9 Å². The van der Waals surface area contributed by atoms with Crippen LogP contribution in [0.2, 0.25) is 5.02 Å². The van der Waals surface area contributed by atoms with Gasteiger partial charge in [0.15, 0.2) is 0 Å². The quantitative estimate of drug-likeness (QED) is 0.809. The van der Waals surface area contributed by atoms with Crippen molar-refractivity contribution < 1.29 is 4.79 Å². The number of amides is 1. The molecule has 0 aliphatic heterocycles. The molecule has 0 heterocycles. The lowest BCUT2D eigenvalue weighted by molar-refractivity contribution is -0.120. The highest BCUT2D eigenvalue weighted by Crippen LogP contribution is 2.22. The van der Waals surface area contributed by atoms with E-state index in [1.807, 2.05) is 61.5 Å². The van der Waals surface area contributed by atoms with E-state index in [9.17, 15) is 4.79 Å². The SMILES string of the molecule is CC(Sc1ccccc1)C(=O)NCCc1cccc(Cl)c1. The third-order valence-electron chi connectivity index (χ3n) is 3.03. The molecule has 0 aliphatic rings. The first-order valence-electron chi connectivity index (χ1n) is 6.89. The van der Waals surface area contributed by atoms with E-state index < -0.39 is 0 Å². The predicted molar refractivity (Wildman–Crippen MR) is 89.9 cm³/mol. The van der Waals surface area contributed by atoms with Crippen molar-refractivity contribution in [1.29, 1.82) is 0 Å². The first-order valence-corrected chi connectivity index (χ1v) is 8.15. The number of benzene rings is 2. The highest BCUT2D eigenvalue weighted by atomic mass is 35.5. The Kier molecular flexibility index (Phi) is 6.15. The third-order valence-corrected chi connectivity index (χ3v) is 4.37. The monoisotopic (exact) mass is 319 g/mol. The van der Waals surface area contributed by atoms with E-state index in [0.29, 0.717) is 6.54 Å². The molecule has 0 spiro atoms. The molecule has 2 aromatic rings. The second-order valence-electron chi connectivity index (χ2n) is 4.74. The number of rotatable bonds is 6. The lowest BCUT2D eigenvalue weighted by atomic mass is 10.1. The maximum Gasteiger partial charge on any atom is 0.233 e. The Balaban J connectivity index is 1.76. The zero-order valence-corrected chi connectivity index (χ0v) is 13.5. The van der Waals surface area contributed by atoms with E-state index in [2.05, 4.69) is 5.32 Å². The summed E-state index contributed by atoms with van der Waals surface area (Å²) in [5, 5.41) is 3.59. The van der Waals surface area contributed by atoms with Crippen LogP contribution in [0, 0.1) is 0 Å².